The molecular weight excluding hydrogens is 172 g/mol. The Labute approximate surface area is 76.6 Å². The van der Waals surface area contributed by atoms with Crippen molar-refractivity contribution < 1.29 is 8.78 Å². The van der Waals surface area contributed by atoms with E-state index in [1.807, 2.05) is 6.92 Å². The normalized spacial score (nSPS) is 12.9. The number of halogens is 2. The molecule has 1 unspecified atom stereocenters. The summed E-state index contributed by atoms with van der Waals surface area (Å²) in [5.74, 6) is -1.36. The molecule has 0 saturated heterocycles. The van der Waals surface area contributed by atoms with Crippen LogP contribution in [0.15, 0.2) is 18.2 Å². The molecule has 2 N–H and O–H groups in total. The molecule has 0 fully saturated rings. The van der Waals surface area contributed by atoms with Crippen LogP contribution in [0.5, 0.6) is 0 Å². The second-order valence-electron chi connectivity index (χ2n) is 3.26. The Morgan fingerprint density at radius 3 is 2.69 bits per heavy atom. The molecule has 1 nitrogen and oxygen atoms in total. The van der Waals surface area contributed by atoms with Gasteiger partial charge in [-0.25, -0.2) is 8.78 Å². The molecule has 0 bridgehead atoms. The average molecular weight is 185 g/mol. The molecule has 3 heteroatoms. The molecule has 1 atom stereocenters. The van der Waals surface area contributed by atoms with Crippen molar-refractivity contribution in [2.45, 2.75) is 13.3 Å². The van der Waals surface area contributed by atoms with E-state index in [4.69, 9.17) is 5.73 Å². The van der Waals surface area contributed by atoms with Crippen molar-refractivity contribution in [2.24, 2.45) is 11.7 Å². The van der Waals surface area contributed by atoms with Crippen molar-refractivity contribution in [1.29, 1.82) is 0 Å². The lowest BCUT2D eigenvalue weighted by molar-refractivity contribution is 0.485. The van der Waals surface area contributed by atoms with E-state index < -0.39 is 11.6 Å². The van der Waals surface area contributed by atoms with Crippen LogP contribution in [0.4, 0.5) is 8.78 Å². The minimum atomic E-state index is -0.790. The predicted octanol–water partition coefficient (Wildman–Crippen LogP) is 2.10. The summed E-state index contributed by atoms with van der Waals surface area (Å²) < 4.78 is 25.8. The zero-order valence-corrected chi connectivity index (χ0v) is 7.56. The van der Waals surface area contributed by atoms with Gasteiger partial charge in [-0.1, -0.05) is 19.1 Å². The second-order valence-corrected chi connectivity index (χ2v) is 3.26. The quantitative estimate of drug-likeness (QED) is 0.766. The molecule has 0 aliphatic rings. The molecule has 13 heavy (non-hydrogen) atoms. The Morgan fingerprint density at radius 2 is 2.08 bits per heavy atom. The minimum Gasteiger partial charge on any atom is -0.330 e. The Bertz CT molecular complexity index is 286. The largest absolute Gasteiger partial charge is 0.330 e. The van der Waals surface area contributed by atoms with E-state index in [2.05, 4.69) is 0 Å². The van der Waals surface area contributed by atoms with Crippen LogP contribution in [-0.4, -0.2) is 6.54 Å². The highest BCUT2D eigenvalue weighted by Gasteiger charge is 2.09. The first-order valence-electron chi connectivity index (χ1n) is 4.28. The molecule has 0 radical (unpaired) electrons. The first-order chi connectivity index (χ1) is 6.15. The van der Waals surface area contributed by atoms with Gasteiger partial charge in [-0.05, 0) is 30.5 Å². The third-order valence-corrected chi connectivity index (χ3v) is 2.00. The standard InChI is InChI=1S/C10H13F2N/c1-7(6-13)5-8-3-2-4-9(11)10(8)12/h2-4,7H,5-6,13H2,1H3. The van der Waals surface area contributed by atoms with Crippen LogP contribution in [-0.2, 0) is 6.42 Å². The van der Waals surface area contributed by atoms with E-state index in [0.717, 1.165) is 6.07 Å². The molecule has 1 aromatic carbocycles. The third-order valence-electron chi connectivity index (χ3n) is 2.00. The maximum Gasteiger partial charge on any atom is 0.162 e. The Hall–Kier alpha value is -0.960. The molecule has 0 aliphatic heterocycles. The van der Waals surface area contributed by atoms with Crippen LogP contribution in [0.1, 0.15) is 12.5 Å². The molecule has 0 aliphatic carbocycles. The lowest BCUT2D eigenvalue weighted by Gasteiger charge is -2.08. The monoisotopic (exact) mass is 185 g/mol. The van der Waals surface area contributed by atoms with Crippen LogP contribution in [0.25, 0.3) is 0 Å². The van der Waals surface area contributed by atoms with Gasteiger partial charge in [0.1, 0.15) is 0 Å². The van der Waals surface area contributed by atoms with Crippen molar-refractivity contribution in [2.75, 3.05) is 6.54 Å². The zero-order chi connectivity index (χ0) is 9.84. The zero-order valence-electron chi connectivity index (χ0n) is 7.56. The van der Waals surface area contributed by atoms with Crippen LogP contribution < -0.4 is 5.73 Å². The van der Waals surface area contributed by atoms with E-state index in [-0.39, 0.29) is 5.92 Å². The molecular formula is C10H13F2N. The van der Waals surface area contributed by atoms with Crippen molar-refractivity contribution in [3.8, 4) is 0 Å². The highest BCUT2D eigenvalue weighted by molar-refractivity contribution is 5.19. The summed E-state index contributed by atoms with van der Waals surface area (Å²) in [6.07, 6.45) is 0.486. The first-order valence-corrected chi connectivity index (χ1v) is 4.28. The van der Waals surface area contributed by atoms with Gasteiger partial charge in [-0.15, -0.1) is 0 Å². The summed E-state index contributed by atoms with van der Waals surface area (Å²) >= 11 is 0. The lowest BCUT2D eigenvalue weighted by Crippen LogP contribution is -2.14. The smallest absolute Gasteiger partial charge is 0.162 e. The van der Waals surface area contributed by atoms with Gasteiger partial charge in [-0.2, -0.15) is 0 Å². The topological polar surface area (TPSA) is 26.0 Å². The van der Waals surface area contributed by atoms with Crippen molar-refractivity contribution in [3.05, 3.63) is 35.4 Å². The molecule has 0 spiro atoms. The molecule has 0 saturated carbocycles. The minimum absolute atomic E-state index is 0.177. The van der Waals surface area contributed by atoms with Gasteiger partial charge < -0.3 is 5.73 Å². The van der Waals surface area contributed by atoms with Gasteiger partial charge in [0.2, 0.25) is 0 Å². The maximum absolute atomic E-state index is 13.1. The first kappa shape index (κ1) is 10.1. The van der Waals surface area contributed by atoms with Gasteiger partial charge in [0.15, 0.2) is 11.6 Å². The van der Waals surface area contributed by atoms with E-state index in [1.165, 1.54) is 6.07 Å². The van der Waals surface area contributed by atoms with Crippen molar-refractivity contribution in [1.82, 2.24) is 0 Å². The number of hydrogen-bond acceptors (Lipinski definition) is 1. The third kappa shape index (κ3) is 2.49. The van der Waals surface area contributed by atoms with Crippen LogP contribution in [0.2, 0.25) is 0 Å². The van der Waals surface area contributed by atoms with Gasteiger partial charge >= 0.3 is 0 Å². The summed E-state index contributed by atoms with van der Waals surface area (Å²) in [6, 6.07) is 4.22. The fourth-order valence-electron chi connectivity index (χ4n) is 1.16. The molecule has 0 amide bonds. The van der Waals surface area contributed by atoms with E-state index in [9.17, 15) is 8.78 Å². The summed E-state index contributed by atoms with van der Waals surface area (Å²) in [5, 5.41) is 0. The van der Waals surface area contributed by atoms with E-state index in [0.29, 0.717) is 18.5 Å². The molecule has 0 aromatic heterocycles. The SMILES string of the molecule is CC(CN)Cc1cccc(F)c1F. The van der Waals surface area contributed by atoms with E-state index >= 15 is 0 Å². The number of hydrogen-bond donors (Lipinski definition) is 1. The Balaban J connectivity index is 2.83. The molecule has 0 heterocycles. The number of nitrogens with two attached hydrogens (primary N) is 1. The Kier molecular flexibility index (Phi) is 3.37. The fourth-order valence-corrected chi connectivity index (χ4v) is 1.16. The van der Waals surface area contributed by atoms with Crippen LogP contribution in [0, 0.1) is 17.6 Å². The fraction of sp³-hybridized carbons (Fsp3) is 0.400. The maximum atomic E-state index is 13.1. The van der Waals surface area contributed by atoms with Gasteiger partial charge in [0.25, 0.3) is 0 Å². The molecule has 72 valence electrons. The highest BCUT2D eigenvalue weighted by atomic mass is 19.2. The van der Waals surface area contributed by atoms with Crippen molar-refractivity contribution >= 4 is 0 Å². The van der Waals surface area contributed by atoms with Crippen molar-refractivity contribution in [3.63, 3.8) is 0 Å². The molecule has 1 rings (SSSR count). The summed E-state index contributed by atoms with van der Waals surface area (Å²) in [5.41, 5.74) is 5.79. The molecule has 1 aromatic rings. The average Bonchev–Trinajstić information content (AvgIpc) is 2.13. The number of rotatable bonds is 3. The second kappa shape index (κ2) is 4.33. The van der Waals surface area contributed by atoms with Gasteiger partial charge in [0, 0.05) is 0 Å². The van der Waals surface area contributed by atoms with Gasteiger partial charge in [-0.3, -0.25) is 0 Å². The number of benzene rings is 1. The summed E-state index contributed by atoms with van der Waals surface area (Å²) in [4.78, 5) is 0. The summed E-state index contributed by atoms with van der Waals surface area (Å²) in [7, 11) is 0. The van der Waals surface area contributed by atoms with E-state index in [1.54, 1.807) is 6.07 Å². The van der Waals surface area contributed by atoms with Gasteiger partial charge in [0.05, 0.1) is 0 Å². The van der Waals surface area contributed by atoms with Crippen LogP contribution >= 0.6 is 0 Å². The lowest BCUT2D eigenvalue weighted by atomic mass is 10.0. The Morgan fingerprint density at radius 1 is 1.38 bits per heavy atom. The highest BCUT2D eigenvalue weighted by Crippen LogP contribution is 2.14. The predicted molar refractivity (Wildman–Crippen MR) is 48.3 cm³/mol. The summed E-state index contributed by atoms with van der Waals surface area (Å²) in [6.45, 7) is 2.39. The van der Waals surface area contributed by atoms with Crippen LogP contribution in [0.3, 0.4) is 0 Å².